The second-order valence-corrected chi connectivity index (χ2v) is 7.28. The summed E-state index contributed by atoms with van der Waals surface area (Å²) in [5.74, 6) is -0.754. The number of rotatable bonds is 8. The van der Waals surface area contributed by atoms with Gasteiger partial charge in [-0.2, -0.15) is 0 Å². The fraction of sp³-hybridized carbons (Fsp3) is 0.824. The van der Waals surface area contributed by atoms with Crippen molar-refractivity contribution in [1.82, 2.24) is 4.81 Å². The van der Waals surface area contributed by atoms with Crippen LogP contribution in [-0.2, 0) is 23.7 Å². The monoisotopic (exact) mass is 389 g/mol. The smallest absolute Gasteiger partial charge is 0.379 e. The molecule has 2 aliphatic rings. The standard InChI is InChI=1S/C17H29BClNO6/c1-17(2)20(18(3)22)13(12-25-17)14(26-15(21)11-19)7-6-10-24-16-8-4-5-9-23-16/h6-7,13-14,16,22H,4-5,8-12H2,1-3H3/b7-6+/t13-,14+,16?/m1/s1. The van der Waals surface area contributed by atoms with Crippen LogP contribution in [0.1, 0.15) is 33.1 Å². The zero-order valence-electron chi connectivity index (χ0n) is 15.7. The lowest BCUT2D eigenvalue weighted by molar-refractivity contribution is -0.155. The van der Waals surface area contributed by atoms with Crippen LogP contribution in [0.3, 0.4) is 0 Å². The van der Waals surface area contributed by atoms with E-state index in [-0.39, 0.29) is 18.2 Å². The summed E-state index contributed by atoms with van der Waals surface area (Å²) < 4.78 is 22.4. The quantitative estimate of drug-likeness (QED) is 0.293. The summed E-state index contributed by atoms with van der Waals surface area (Å²) in [5, 5.41) is 10.2. The van der Waals surface area contributed by atoms with Gasteiger partial charge in [-0.05, 0) is 46.0 Å². The summed E-state index contributed by atoms with van der Waals surface area (Å²) in [6.07, 6.45) is 5.83. The second-order valence-electron chi connectivity index (χ2n) is 7.01. The molecule has 2 saturated heterocycles. The van der Waals surface area contributed by atoms with Crippen molar-refractivity contribution in [1.29, 1.82) is 0 Å². The Morgan fingerprint density at radius 2 is 2.27 bits per heavy atom. The van der Waals surface area contributed by atoms with Gasteiger partial charge in [-0.3, -0.25) is 9.61 Å². The van der Waals surface area contributed by atoms with Crippen molar-refractivity contribution in [3.63, 3.8) is 0 Å². The first kappa shape index (κ1) is 21.7. The largest absolute Gasteiger partial charge is 0.456 e. The number of hydrogen-bond acceptors (Lipinski definition) is 7. The molecule has 2 rings (SSSR count). The predicted molar refractivity (Wildman–Crippen MR) is 98.8 cm³/mol. The topological polar surface area (TPSA) is 77.5 Å². The third-order valence-electron chi connectivity index (χ3n) is 4.59. The zero-order chi connectivity index (χ0) is 19.2. The van der Waals surface area contributed by atoms with Gasteiger partial charge in [0.05, 0.1) is 19.3 Å². The molecular weight excluding hydrogens is 360 g/mol. The molecule has 1 N–H and O–H groups in total. The number of hydrogen-bond donors (Lipinski definition) is 1. The van der Waals surface area contributed by atoms with Crippen LogP contribution in [0.4, 0.5) is 0 Å². The number of carbonyl (C=O) groups excluding carboxylic acids is 1. The molecule has 2 aliphatic heterocycles. The minimum Gasteiger partial charge on any atom is -0.456 e. The van der Waals surface area contributed by atoms with Crippen LogP contribution in [0.15, 0.2) is 12.2 Å². The van der Waals surface area contributed by atoms with Crippen molar-refractivity contribution >= 4 is 24.6 Å². The van der Waals surface area contributed by atoms with E-state index in [2.05, 4.69) is 0 Å². The van der Waals surface area contributed by atoms with Gasteiger partial charge in [0.25, 0.3) is 0 Å². The van der Waals surface area contributed by atoms with Crippen LogP contribution >= 0.6 is 11.6 Å². The Hall–Kier alpha value is -0.635. The van der Waals surface area contributed by atoms with Crippen molar-refractivity contribution in [2.75, 3.05) is 25.7 Å². The van der Waals surface area contributed by atoms with Gasteiger partial charge in [0.1, 0.15) is 17.7 Å². The van der Waals surface area contributed by atoms with Gasteiger partial charge >= 0.3 is 13.0 Å². The van der Waals surface area contributed by atoms with Gasteiger partial charge in [-0.1, -0.05) is 6.08 Å². The number of alkyl halides is 1. The Morgan fingerprint density at radius 3 is 2.88 bits per heavy atom. The number of esters is 1. The molecule has 0 spiro atoms. The Labute approximate surface area is 160 Å². The highest BCUT2D eigenvalue weighted by atomic mass is 35.5. The van der Waals surface area contributed by atoms with Crippen LogP contribution in [0, 0.1) is 0 Å². The van der Waals surface area contributed by atoms with Crippen LogP contribution in [0.5, 0.6) is 0 Å². The molecule has 0 aliphatic carbocycles. The van der Waals surface area contributed by atoms with E-state index in [0.29, 0.717) is 13.2 Å². The molecule has 0 saturated carbocycles. The van der Waals surface area contributed by atoms with E-state index >= 15 is 0 Å². The van der Waals surface area contributed by atoms with Gasteiger partial charge in [-0.15, -0.1) is 11.6 Å². The third kappa shape index (κ3) is 5.94. The zero-order valence-corrected chi connectivity index (χ0v) is 16.5. The molecular formula is C17H29BClNO6. The van der Waals surface area contributed by atoms with E-state index in [1.54, 1.807) is 23.8 Å². The van der Waals surface area contributed by atoms with E-state index in [1.165, 1.54) is 0 Å². The maximum absolute atomic E-state index is 11.7. The Balaban J connectivity index is 2.00. The fourth-order valence-electron chi connectivity index (χ4n) is 3.45. The lowest BCUT2D eigenvalue weighted by Crippen LogP contribution is -2.55. The minimum absolute atomic E-state index is 0.181. The lowest BCUT2D eigenvalue weighted by atomic mass is 9.80. The van der Waals surface area contributed by atoms with E-state index < -0.39 is 24.8 Å². The van der Waals surface area contributed by atoms with Crippen LogP contribution in [0.25, 0.3) is 0 Å². The van der Waals surface area contributed by atoms with Crippen LogP contribution in [-0.4, -0.2) is 72.7 Å². The highest BCUT2D eigenvalue weighted by Gasteiger charge is 2.47. The van der Waals surface area contributed by atoms with Crippen molar-refractivity contribution in [3.8, 4) is 0 Å². The predicted octanol–water partition coefficient (Wildman–Crippen LogP) is 1.78. The molecule has 0 aromatic heterocycles. The summed E-state index contributed by atoms with van der Waals surface area (Å²) in [6, 6.07) is -0.320. The molecule has 0 bridgehead atoms. The number of carbonyl (C=O) groups is 1. The molecule has 2 fully saturated rings. The molecule has 1 unspecified atom stereocenters. The number of halogens is 1. The normalized spacial score (nSPS) is 27.6. The molecule has 148 valence electrons. The van der Waals surface area contributed by atoms with Gasteiger partial charge < -0.3 is 24.0 Å². The number of nitrogens with zero attached hydrogens (tertiary/aromatic N) is 1. The molecule has 26 heavy (non-hydrogen) atoms. The first-order chi connectivity index (χ1) is 12.3. The van der Waals surface area contributed by atoms with E-state index in [1.807, 2.05) is 13.8 Å². The number of ether oxygens (including phenoxy) is 4. The van der Waals surface area contributed by atoms with Crippen molar-refractivity contribution in [2.24, 2.45) is 0 Å². The Bertz CT molecular complexity index is 484. The van der Waals surface area contributed by atoms with E-state index in [0.717, 1.165) is 25.9 Å². The Kier molecular flexibility index (Phi) is 8.38. The van der Waals surface area contributed by atoms with Gasteiger partial charge in [0.15, 0.2) is 6.29 Å². The SMILES string of the molecule is CB(O)N1[C@@H]([C@H](/C=C/COC2CCCCO2)OC(=O)CCl)COC1(C)C. The molecule has 9 heteroatoms. The van der Waals surface area contributed by atoms with Gasteiger partial charge in [-0.25, -0.2) is 0 Å². The maximum atomic E-state index is 11.7. The van der Waals surface area contributed by atoms with Crippen molar-refractivity contribution in [3.05, 3.63) is 12.2 Å². The lowest BCUT2D eigenvalue weighted by Gasteiger charge is -2.36. The highest BCUT2D eigenvalue weighted by Crippen LogP contribution is 2.31. The average molecular weight is 390 g/mol. The summed E-state index contributed by atoms with van der Waals surface area (Å²) >= 11 is 5.59. The summed E-state index contributed by atoms with van der Waals surface area (Å²) in [4.78, 5) is 13.5. The molecule has 0 aromatic carbocycles. The maximum Gasteiger partial charge on any atom is 0.379 e. The average Bonchev–Trinajstić information content (AvgIpc) is 2.93. The molecule has 3 atom stereocenters. The summed E-state index contributed by atoms with van der Waals surface area (Å²) in [5.41, 5.74) is -0.662. The molecule has 2 heterocycles. The summed E-state index contributed by atoms with van der Waals surface area (Å²) in [7, 11) is -0.755. The second kappa shape index (κ2) is 10.1. The molecule has 7 nitrogen and oxygen atoms in total. The third-order valence-corrected chi connectivity index (χ3v) is 4.81. The summed E-state index contributed by atoms with van der Waals surface area (Å²) in [6.45, 7) is 6.81. The first-order valence-electron chi connectivity index (χ1n) is 9.11. The van der Waals surface area contributed by atoms with Gasteiger partial charge in [0.2, 0.25) is 0 Å². The van der Waals surface area contributed by atoms with Crippen molar-refractivity contribution < 1.29 is 28.8 Å². The highest BCUT2D eigenvalue weighted by molar-refractivity contribution is 6.45. The van der Waals surface area contributed by atoms with Crippen LogP contribution < -0.4 is 0 Å². The Morgan fingerprint density at radius 1 is 1.50 bits per heavy atom. The molecule has 0 amide bonds. The first-order valence-corrected chi connectivity index (χ1v) is 9.64. The van der Waals surface area contributed by atoms with Crippen LogP contribution in [0.2, 0.25) is 6.82 Å². The van der Waals surface area contributed by atoms with E-state index in [4.69, 9.17) is 30.5 Å². The van der Waals surface area contributed by atoms with Crippen molar-refractivity contribution in [2.45, 2.75) is 64.1 Å². The minimum atomic E-state index is -0.755. The van der Waals surface area contributed by atoms with E-state index in [9.17, 15) is 9.82 Å². The van der Waals surface area contributed by atoms with Gasteiger partial charge in [0, 0.05) is 6.61 Å². The molecule has 0 radical (unpaired) electrons. The molecule has 0 aromatic rings. The fourth-order valence-corrected chi connectivity index (χ4v) is 3.51.